The molecule has 2 aliphatic rings. The smallest absolute Gasteiger partial charge is 0.243 e. The Morgan fingerprint density at radius 1 is 1.00 bits per heavy atom. The van der Waals surface area contributed by atoms with E-state index in [0.717, 1.165) is 36.1 Å². The number of hydrogen-bond donors (Lipinski definition) is 0. The third-order valence-corrected chi connectivity index (χ3v) is 7.94. The van der Waals surface area contributed by atoms with Gasteiger partial charge in [-0.15, -0.1) is 0 Å². The van der Waals surface area contributed by atoms with Gasteiger partial charge in [-0.2, -0.15) is 4.31 Å². The standard InChI is InChI=1S/C23H28N2O3S/c1-18(19-8-4-2-5-9-19)16-23(26)25-15-12-20-17-21(10-11-22(20)25)29(27,28)24-13-6-3-7-14-24/h2,4-5,8-11,17-18H,3,6-7,12-16H2,1H3/t18-/m1/s1. The van der Waals surface area contributed by atoms with Crippen LogP contribution in [0.15, 0.2) is 53.4 Å². The van der Waals surface area contributed by atoms with E-state index in [0.29, 0.717) is 37.4 Å². The van der Waals surface area contributed by atoms with Crippen molar-refractivity contribution in [1.82, 2.24) is 4.31 Å². The molecule has 1 amide bonds. The summed E-state index contributed by atoms with van der Waals surface area (Å²) in [6.45, 7) is 3.88. The summed E-state index contributed by atoms with van der Waals surface area (Å²) in [5, 5.41) is 0. The highest BCUT2D eigenvalue weighted by Gasteiger charge is 2.30. The summed E-state index contributed by atoms with van der Waals surface area (Å²) in [6, 6.07) is 15.3. The van der Waals surface area contributed by atoms with Gasteiger partial charge < -0.3 is 4.90 Å². The molecule has 1 fully saturated rings. The summed E-state index contributed by atoms with van der Waals surface area (Å²) < 4.78 is 27.5. The first-order valence-corrected chi connectivity index (χ1v) is 11.9. The minimum atomic E-state index is -3.45. The van der Waals surface area contributed by atoms with Crippen molar-refractivity contribution >= 4 is 21.6 Å². The van der Waals surface area contributed by atoms with E-state index in [-0.39, 0.29) is 11.8 Å². The first kappa shape index (κ1) is 20.1. The minimum Gasteiger partial charge on any atom is -0.312 e. The van der Waals surface area contributed by atoms with Crippen LogP contribution in [0.25, 0.3) is 0 Å². The lowest BCUT2D eigenvalue weighted by atomic mass is 9.97. The van der Waals surface area contributed by atoms with E-state index in [1.165, 1.54) is 0 Å². The second-order valence-electron chi connectivity index (χ2n) is 8.07. The molecule has 2 aromatic carbocycles. The summed E-state index contributed by atoms with van der Waals surface area (Å²) in [4.78, 5) is 15.1. The predicted octanol–water partition coefficient (Wildman–Crippen LogP) is 3.94. The fraction of sp³-hybridized carbons (Fsp3) is 0.435. The van der Waals surface area contributed by atoms with Gasteiger partial charge in [0.25, 0.3) is 0 Å². The number of rotatable bonds is 5. The van der Waals surface area contributed by atoms with Crippen LogP contribution in [0, 0.1) is 0 Å². The zero-order chi connectivity index (χ0) is 20.4. The van der Waals surface area contributed by atoms with E-state index < -0.39 is 10.0 Å². The van der Waals surface area contributed by atoms with E-state index >= 15 is 0 Å². The highest BCUT2D eigenvalue weighted by Crippen LogP contribution is 2.33. The average molecular weight is 413 g/mol. The van der Waals surface area contributed by atoms with Crippen LogP contribution in [-0.4, -0.2) is 38.3 Å². The summed E-state index contributed by atoms with van der Waals surface area (Å²) in [5.41, 5.74) is 2.96. The number of anilines is 1. The topological polar surface area (TPSA) is 57.7 Å². The molecule has 1 saturated heterocycles. The molecule has 0 unspecified atom stereocenters. The highest BCUT2D eigenvalue weighted by molar-refractivity contribution is 7.89. The molecule has 154 valence electrons. The Kier molecular flexibility index (Phi) is 5.74. The lowest BCUT2D eigenvalue weighted by Gasteiger charge is -2.26. The van der Waals surface area contributed by atoms with Crippen LogP contribution in [0.1, 0.15) is 49.7 Å². The number of piperidine rings is 1. The molecular weight excluding hydrogens is 384 g/mol. The highest BCUT2D eigenvalue weighted by atomic mass is 32.2. The number of carbonyl (C=O) groups is 1. The van der Waals surface area contributed by atoms with Gasteiger partial charge in [0.1, 0.15) is 0 Å². The van der Waals surface area contributed by atoms with E-state index in [1.54, 1.807) is 16.4 Å². The van der Waals surface area contributed by atoms with E-state index in [2.05, 4.69) is 6.92 Å². The Balaban J connectivity index is 1.50. The number of amides is 1. The molecule has 0 aliphatic carbocycles. The monoisotopic (exact) mass is 412 g/mol. The minimum absolute atomic E-state index is 0.0896. The third-order valence-electron chi connectivity index (χ3n) is 6.05. The molecule has 0 radical (unpaired) electrons. The van der Waals surface area contributed by atoms with E-state index in [1.807, 2.05) is 41.3 Å². The molecular formula is C23H28N2O3S. The molecule has 0 saturated carbocycles. The van der Waals surface area contributed by atoms with Crippen LogP contribution in [-0.2, 0) is 21.2 Å². The Labute approximate surface area is 173 Å². The van der Waals surface area contributed by atoms with Gasteiger partial charge in [0, 0.05) is 31.7 Å². The zero-order valence-electron chi connectivity index (χ0n) is 16.9. The summed E-state index contributed by atoms with van der Waals surface area (Å²) in [7, 11) is -3.45. The molecule has 4 rings (SSSR count). The normalized spacial score (nSPS) is 18.4. The molecule has 2 heterocycles. The lowest BCUT2D eigenvalue weighted by Crippen LogP contribution is -2.35. The molecule has 6 heteroatoms. The quantitative estimate of drug-likeness (QED) is 0.747. The van der Waals surface area contributed by atoms with Crippen molar-refractivity contribution in [2.45, 2.75) is 49.8 Å². The van der Waals surface area contributed by atoms with Crippen molar-refractivity contribution in [2.75, 3.05) is 24.5 Å². The zero-order valence-corrected chi connectivity index (χ0v) is 17.7. The van der Waals surface area contributed by atoms with Crippen molar-refractivity contribution in [1.29, 1.82) is 0 Å². The molecule has 1 atom stereocenters. The van der Waals surface area contributed by atoms with Crippen molar-refractivity contribution in [3.8, 4) is 0 Å². The lowest BCUT2D eigenvalue weighted by molar-refractivity contribution is -0.118. The van der Waals surface area contributed by atoms with Crippen LogP contribution in [0.3, 0.4) is 0 Å². The Hall–Kier alpha value is -2.18. The SMILES string of the molecule is C[C@H](CC(=O)N1CCc2cc(S(=O)(=O)N3CCCCC3)ccc21)c1ccccc1. The van der Waals surface area contributed by atoms with Gasteiger partial charge in [-0.25, -0.2) is 8.42 Å². The predicted molar refractivity (Wildman–Crippen MR) is 115 cm³/mol. The number of sulfonamides is 1. The first-order valence-electron chi connectivity index (χ1n) is 10.5. The molecule has 0 N–H and O–H groups in total. The van der Waals surface area contributed by atoms with Gasteiger partial charge >= 0.3 is 0 Å². The molecule has 5 nitrogen and oxygen atoms in total. The van der Waals surface area contributed by atoms with E-state index in [9.17, 15) is 13.2 Å². The Morgan fingerprint density at radius 2 is 1.72 bits per heavy atom. The number of hydrogen-bond acceptors (Lipinski definition) is 3. The van der Waals surface area contributed by atoms with Gasteiger partial charge in [-0.3, -0.25) is 4.79 Å². The van der Waals surface area contributed by atoms with Gasteiger partial charge in [-0.1, -0.05) is 43.7 Å². The van der Waals surface area contributed by atoms with Crippen LogP contribution < -0.4 is 4.90 Å². The Bertz CT molecular complexity index is 982. The van der Waals surface area contributed by atoms with Gasteiger partial charge in [-0.05, 0) is 54.5 Å². The van der Waals surface area contributed by atoms with Crippen LogP contribution in [0.2, 0.25) is 0 Å². The van der Waals surface area contributed by atoms with Gasteiger partial charge in [0.15, 0.2) is 0 Å². The molecule has 0 bridgehead atoms. The molecule has 0 spiro atoms. The fourth-order valence-corrected chi connectivity index (χ4v) is 5.89. The second kappa shape index (κ2) is 8.28. The van der Waals surface area contributed by atoms with Crippen molar-refractivity contribution in [3.05, 3.63) is 59.7 Å². The number of nitrogens with zero attached hydrogens (tertiary/aromatic N) is 2. The molecule has 29 heavy (non-hydrogen) atoms. The molecule has 2 aromatic rings. The molecule has 2 aliphatic heterocycles. The summed E-state index contributed by atoms with van der Waals surface area (Å²) in [5.74, 6) is 0.234. The van der Waals surface area contributed by atoms with E-state index in [4.69, 9.17) is 0 Å². The van der Waals surface area contributed by atoms with Crippen LogP contribution in [0.5, 0.6) is 0 Å². The van der Waals surface area contributed by atoms with Gasteiger partial charge in [0.2, 0.25) is 15.9 Å². The second-order valence-corrected chi connectivity index (χ2v) is 10.0. The number of benzene rings is 2. The maximum absolute atomic E-state index is 13.0. The summed E-state index contributed by atoms with van der Waals surface area (Å²) >= 11 is 0. The third kappa shape index (κ3) is 4.09. The first-order chi connectivity index (χ1) is 14.0. The fourth-order valence-electron chi connectivity index (χ4n) is 4.32. The average Bonchev–Trinajstić information content (AvgIpc) is 3.18. The maximum atomic E-state index is 13.0. The van der Waals surface area contributed by atoms with Crippen LogP contribution in [0.4, 0.5) is 5.69 Å². The Morgan fingerprint density at radius 3 is 2.45 bits per heavy atom. The van der Waals surface area contributed by atoms with Crippen molar-refractivity contribution < 1.29 is 13.2 Å². The largest absolute Gasteiger partial charge is 0.312 e. The van der Waals surface area contributed by atoms with Crippen molar-refractivity contribution in [3.63, 3.8) is 0 Å². The number of fused-ring (bicyclic) bond motifs is 1. The van der Waals surface area contributed by atoms with Gasteiger partial charge in [0.05, 0.1) is 4.90 Å². The summed E-state index contributed by atoms with van der Waals surface area (Å²) in [6.07, 6.45) is 4.08. The van der Waals surface area contributed by atoms with Crippen LogP contribution >= 0.6 is 0 Å². The maximum Gasteiger partial charge on any atom is 0.243 e. The van der Waals surface area contributed by atoms with Crippen molar-refractivity contribution in [2.24, 2.45) is 0 Å². The molecule has 0 aromatic heterocycles. The number of carbonyl (C=O) groups excluding carboxylic acids is 1.